The van der Waals surface area contributed by atoms with E-state index in [0.29, 0.717) is 25.3 Å². The van der Waals surface area contributed by atoms with Crippen LogP contribution in [-0.2, 0) is 14.4 Å². The quantitative estimate of drug-likeness (QED) is 0.463. The number of fused-ring (bicyclic) bond motifs is 1. The van der Waals surface area contributed by atoms with Gasteiger partial charge in [0.05, 0.1) is 34.3 Å². The summed E-state index contributed by atoms with van der Waals surface area (Å²) in [7, 11) is 0. The highest BCUT2D eigenvalue weighted by molar-refractivity contribution is 7.21. The zero-order valence-corrected chi connectivity index (χ0v) is 21.9. The van der Waals surface area contributed by atoms with Gasteiger partial charge in [0.25, 0.3) is 5.91 Å². The molecule has 1 aromatic heterocycles. The van der Waals surface area contributed by atoms with Crippen LogP contribution >= 0.6 is 11.3 Å². The first-order valence-corrected chi connectivity index (χ1v) is 13.6. The van der Waals surface area contributed by atoms with Crippen molar-refractivity contribution in [1.29, 1.82) is 0 Å². The van der Waals surface area contributed by atoms with E-state index in [0.717, 1.165) is 40.2 Å². The molecule has 0 spiro atoms. The number of amides is 3. The Morgan fingerprint density at radius 3 is 2.58 bits per heavy atom. The Bertz CT molecular complexity index is 1300. The van der Waals surface area contributed by atoms with Crippen LogP contribution in [-0.4, -0.2) is 64.7 Å². The Kier molecular flexibility index (Phi) is 6.90. The molecule has 2 aliphatic rings. The Morgan fingerprint density at radius 2 is 1.86 bits per heavy atom. The fraction of sp³-hybridized carbons (Fsp3) is 0.429. The second kappa shape index (κ2) is 10.1. The molecule has 2 saturated heterocycles. The van der Waals surface area contributed by atoms with Gasteiger partial charge in [0.1, 0.15) is 5.01 Å². The van der Waals surface area contributed by atoms with Gasteiger partial charge in [-0.2, -0.15) is 0 Å². The minimum Gasteiger partial charge on any atom is -0.343 e. The number of carbonyl (C=O) groups excluding carboxylic acids is 3. The smallest absolute Gasteiger partial charge is 0.251 e. The Labute approximate surface area is 215 Å². The van der Waals surface area contributed by atoms with E-state index >= 15 is 0 Å². The minimum atomic E-state index is -0.503. The number of hydrogen-bond donors (Lipinski definition) is 0. The average molecular weight is 505 g/mol. The molecule has 0 radical (unpaired) electrons. The van der Waals surface area contributed by atoms with E-state index in [1.54, 1.807) is 11.3 Å². The predicted octanol–water partition coefficient (Wildman–Crippen LogP) is 4.48. The molecule has 0 N–H and O–H groups in total. The van der Waals surface area contributed by atoms with Gasteiger partial charge in [0.15, 0.2) is 0 Å². The topological polar surface area (TPSA) is 73.8 Å². The number of rotatable bonds is 6. The van der Waals surface area contributed by atoms with Crippen molar-refractivity contribution in [2.45, 2.75) is 46.1 Å². The summed E-state index contributed by atoms with van der Waals surface area (Å²) in [5.41, 5.74) is 3.71. The van der Waals surface area contributed by atoms with Crippen LogP contribution in [0.15, 0.2) is 42.5 Å². The van der Waals surface area contributed by atoms with Crippen LogP contribution in [0.4, 0.5) is 5.69 Å². The van der Waals surface area contributed by atoms with E-state index in [1.807, 2.05) is 54.0 Å². The molecule has 0 unspecified atom stereocenters. The van der Waals surface area contributed by atoms with Crippen LogP contribution in [0.5, 0.6) is 0 Å². The van der Waals surface area contributed by atoms with Crippen LogP contribution in [0, 0.1) is 12.8 Å². The highest BCUT2D eigenvalue weighted by atomic mass is 32.1. The molecule has 2 atom stereocenters. The highest BCUT2D eigenvalue weighted by Crippen LogP contribution is 2.34. The molecule has 36 heavy (non-hydrogen) atoms. The van der Waals surface area contributed by atoms with Gasteiger partial charge >= 0.3 is 0 Å². The summed E-state index contributed by atoms with van der Waals surface area (Å²) in [6.45, 7) is 8.68. The molecule has 188 valence electrons. The Morgan fingerprint density at radius 1 is 1.11 bits per heavy atom. The maximum absolute atomic E-state index is 13.4. The van der Waals surface area contributed by atoms with Crippen LogP contribution < -0.4 is 4.90 Å². The monoisotopic (exact) mass is 504 g/mol. The van der Waals surface area contributed by atoms with E-state index in [9.17, 15) is 14.4 Å². The first-order chi connectivity index (χ1) is 17.4. The number of hydrogen-bond acceptors (Lipinski definition) is 6. The summed E-state index contributed by atoms with van der Waals surface area (Å²) in [5.74, 6) is -0.351. The first kappa shape index (κ1) is 24.6. The first-order valence-electron chi connectivity index (χ1n) is 12.8. The summed E-state index contributed by atoms with van der Waals surface area (Å²) < 4.78 is 1.14. The van der Waals surface area contributed by atoms with Crippen LogP contribution in [0.25, 0.3) is 20.8 Å². The zero-order chi connectivity index (χ0) is 25.4. The third-order valence-electron chi connectivity index (χ3n) is 7.36. The standard InChI is InChI=1S/C28H32N4O3S/c1-4-30(5-2)27(34)20-7-6-14-31(17-20)23-16-25(33)32(28(23)35)21-11-9-19(10-12-21)26-29-22-13-8-18(3)15-24(22)36-26/h8-13,15,20,23H,4-7,14,16-17H2,1-3H3/t20-,23+/m0/s1. The fourth-order valence-electron chi connectivity index (χ4n) is 5.37. The van der Waals surface area contributed by atoms with Gasteiger partial charge in [0.2, 0.25) is 11.8 Å². The van der Waals surface area contributed by atoms with Gasteiger partial charge in [-0.1, -0.05) is 6.07 Å². The lowest BCUT2D eigenvalue weighted by atomic mass is 9.95. The summed E-state index contributed by atoms with van der Waals surface area (Å²) in [4.78, 5) is 49.2. The molecule has 2 fully saturated rings. The lowest BCUT2D eigenvalue weighted by Crippen LogP contribution is -2.50. The second-order valence-electron chi connectivity index (χ2n) is 9.67. The van der Waals surface area contributed by atoms with E-state index in [1.165, 1.54) is 10.5 Å². The molecule has 8 heteroatoms. The largest absolute Gasteiger partial charge is 0.343 e. The van der Waals surface area contributed by atoms with E-state index in [2.05, 4.69) is 19.1 Å². The average Bonchev–Trinajstić information content (AvgIpc) is 3.44. The van der Waals surface area contributed by atoms with Gasteiger partial charge < -0.3 is 4.90 Å². The number of imide groups is 1. The van der Waals surface area contributed by atoms with Crippen molar-refractivity contribution in [2.24, 2.45) is 5.92 Å². The maximum atomic E-state index is 13.4. The number of aromatic nitrogens is 1. The number of nitrogens with zero attached hydrogens (tertiary/aromatic N) is 4. The number of aryl methyl sites for hydroxylation is 1. The minimum absolute atomic E-state index is 0.118. The van der Waals surface area contributed by atoms with Crippen LogP contribution in [0.1, 0.15) is 38.7 Å². The molecule has 3 amide bonds. The van der Waals surface area contributed by atoms with Gasteiger partial charge in [-0.3, -0.25) is 19.3 Å². The molecular weight excluding hydrogens is 472 g/mol. The van der Waals surface area contributed by atoms with Crippen molar-refractivity contribution in [1.82, 2.24) is 14.8 Å². The highest BCUT2D eigenvalue weighted by Gasteiger charge is 2.44. The molecular formula is C28H32N4O3S. The van der Waals surface area contributed by atoms with Crippen molar-refractivity contribution in [3.63, 3.8) is 0 Å². The molecule has 0 aliphatic carbocycles. The van der Waals surface area contributed by atoms with Crippen LogP contribution in [0.3, 0.4) is 0 Å². The van der Waals surface area contributed by atoms with Gasteiger partial charge in [0, 0.05) is 25.2 Å². The van der Waals surface area contributed by atoms with Crippen molar-refractivity contribution in [3.8, 4) is 10.6 Å². The van der Waals surface area contributed by atoms with Gasteiger partial charge in [-0.05, 0) is 82.1 Å². The van der Waals surface area contributed by atoms with Crippen molar-refractivity contribution in [3.05, 3.63) is 48.0 Å². The number of carbonyl (C=O) groups is 3. The predicted molar refractivity (Wildman–Crippen MR) is 143 cm³/mol. The fourth-order valence-corrected chi connectivity index (χ4v) is 6.43. The summed E-state index contributed by atoms with van der Waals surface area (Å²) in [5, 5.41) is 0.913. The lowest BCUT2D eigenvalue weighted by molar-refractivity contribution is -0.138. The molecule has 2 aromatic carbocycles. The molecule has 3 aromatic rings. The Hall–Kier alpha value is -3.10. The number of piperidine rings is 1. The number of thiazole rings is 1. The zero-order valence-electron chi connectivity index (χ0n) is 21.1. The number of likely N-dealkylation sites (tertiary alicyclic amines) is 1. The SMILES string of the molecule is CCN(CC)C(=O)[C@H]1CCCN([C@@H]2CC(=O)N(c3ccc(-c4nc5ccc(C)cc5s4)cc3)C2=O)C1. The normalized spacial score (nSPS) is 20.9. The number of benzene rings is 2. The molecule has 7 nitrogen and oxygen atoms in total. The lowest BCUT2D eigenvalue weighted by Gasteiger charge is -2.36. The van der Waals surface area contributed by atoms with Crippen molar-refractivity contribution in [2.75, 3.05) is 31.1 Å². The van der Waals surface area contributed by atoms with Gasteiger partial charge in [-0.15, -0.1) is 11.3 Å². The molecule has 5 rings (SSSR count). The van der Waals surface area contributed by atoms with E-state index in [4.69, 9.17) is 4.98 Å². The molecule has 0 bridgehead atoms. The Balaban J connectivity index is 1.31. The van der Waals surface area contributed by atoms with Crippen molar-refractivity contribution < 1.29 is 14.4 Å². The third-order valence-corrected chi connectivity index (χ3v) is 8.42. The summed E-state index contributed by atoms with van der Waals surface area (Å²) in [6, 6.07) is 13.2. The van der Waals surface area contributed by atoms with Crippen LogP contribution in [0.2, 0.25) is 0 Å². The van der Waals surface area contributed by atoms with Gasteiger partial charge in [-0.25, -0.2) is 9.88 Å². The molecule has 0 saturated carbocycles. The molecule has 3 heterocycles. The molecule has 2 aliphatic heterocycles. The summed E-state index contributed by atoms with van der Waals surface area (Å²) in [6.07, 6.45) is 1.84. The second-order valence-corrected chi connectivity index (χ2v) is 10.7. The number of anilines is 1. The van der Waals surface area contributed by atoms with E-state index in [-0.39, 0.29) is 30.1 Å². The van der Waals surface area contributed by atoms with E-state index < -0.39 is 6.04 Å². The summed E-state index contributed by atoms with van der Waals surface area (Å²) >= 11 is 1.63. The van der Waals surface area contributed by atoms with Crippen molar-refractivity contribution >= 4 is 45.0 Å². The third kappa shape index (κ3) is 4.55. The maximum Gasteiger partial charge on any atom is 0.251 e.